The third kappa shape index (κ3) is 7.39. The number of rotatable bonds is 11. The lowest BCUT2D eigenvalue weighted by atomic mass is 9.89. The van der Waals surface area contributed by atoms with Crippen molar-refractivity contribution >= 4 is 38.6 Å². The number of H-pyrrole nitrogens is 2. The average molecular weight is 614 g/mol. The van der Waals surface area contributed by atoms with E-state index in [4.69, 9.17) is 19.4 Å². The largest absolute Gasteiger partial charge is 0.495 e. The number of sulfonamides is 1. The Morgan fingerprint density at radius 1 is 1.07 bits per heavy atom. The minimum Gasteiger partial charge on any atom is -0.495 e. The SMILES string of the molecule is COc1cc(C2CCN(CCCS(=O)(=O)N3CCOCC3)CC2)ccc1Nc1nc(NC2CCCCC2)c2[nH]c[nH+]c2n1. The van der Waals surface area contributed by atoms with Crippen LogP contribution < -0.4 is 20.4 Å². The van der Waals surface area contributed by atoms with Gasteiger partial charge in [0, 0.05) is 19.1 Å². The lowest BCUT2D eigenvalue weighted by molar-refractivity contribution is -0.347. The van der Waals surface area contributed by atoms with Gasteiger partial charge in [0.25, 0.3) is 0 Å². The maximum Gasteiger partial charge on any atom is 0.307 e. The second kappa shape index (κ2) is 13.7. The molecule has 12 nitrogen and oxygen atoms in total. The molecule has 0 spiro atoms. The Hall–Kier alpha value is -3.00. The average Bonchev–Trinajstić information content (AvgIpc) is 3.52. The lowest BCUT2D eigenvalue weighted by Gasteiger charge is -2.32. The number of anilines is 3. The molecule has 234 valence electrons. The second-order valence-corrected chi connectivity index (χ2v) is 14.0. The monoisotopic (exact) mass is 613 g/mol. The number of piperidine rings is 1. The van der Waals surface area contributed by atoms with Gasteiger partial charge in [0.15, 0.2) is 12.1 Å². The molecule has 6 rings (SSSR count). The molecule has 1 aliphatic carbocycles. The molecule has 3 aliphatic rings. The van der Waals surface area contributed by atoms with Crippen LogP contribution in [0.15, 0.2) is 24.5 Å². The summed E-state index contributed by atoms with van der Waals surface area (Å²) in [4.78, 5) is 18.3. The fraction of sp³-hybridized carbons (Fsp3) is 0.633. The zero-order valence-electron chi connectivity index (χ0n) is 25.1. The second-order valence-electron chi connectivity index (χ2n) is 11.9. The van der Waals surface area contributed by atoms with Crippen LogP contribution in [0.25, 0.3) is 11.2 Å². The molecule has 1 aromatic carbocycles. The molecule has 3 aromatic rings. The van der Waals surface area contributed by atoms with Crippen molar-refractivity contribution in [2.45, 2.75) is 63.3 Å². The lowest BCUT2D eigenvalue weighted by Crippen LogP contribution is -2.42. The van der Waals surface area contributed by atoms with Crippen molar-refractivity contribution in [2.75, 3.05) is 69.4 Å². The van der Waals surface area contributed by atoms with E-state index >= 15 is 0 Å². The number of nitrogens with zero attached hydrogens (tertiary/aromatic N) is 4. The highest BCUT2D eigenvalue weighted by atomic mass is 32.2. The van der Waals surface area contributed by atoms with Gasteiger partial charge in [-0.3, -0.25) is 4.98 Å². The summed E-state index contributed by atoms with van der Waals surface area (Å²) in [5, 5.41) is 7.03. The Kier molecular flexibility index (Phi) is 9.61. The highest BCUT2D eigenvalue weighted by Crippen LogP contribution is 2.35. The number of aromatic amines is 2. The van der Waals surface area contributed by atoms with Crippen LogP contribution in [0.4, 0.5) is 17.5 Å². The van der Waals surface area contributed by atoms with E-state index in [2.05, 4.69) is 43.7 Å². The zero-order chi connectivity index (χ0) is 29.6. The number of fused-ring (bicyclic) bond motifs is 1. The fourth-order valence-electron chi connectivity index (χ4n) is 6.58. The highest BCUT2D eigenvalue weighted by Gasteiger charge is 2.26. The van der Waals surface area contributed by atoms with E-state index in [1.165, 1.54) is 24.8 Å². The van der Waals surface area contributed by atoms with Crippen LogP contribution in [0.3, 0.4) is 0 Å². The molecule has 4 N–H and O–H groups in total. The first-order valence-corrected chi connectivity index (χ1v) is 17.4. The van der Waals surface area contributed by atoms with Crippen LogP contribution >= 0.6 is 0 Å². The molecule has 3 fully saturated rings. The van der Waals surface area contributed by atoms with Crippen LogP contribution in [0.1, 0.15) is 62.8 Å². The van der Waals surface area contributed by atoms with Gasteiger partial charge < -0.3 is 25.0 Å². The standard InChI is InChI=1S/C30H44N8O4S/c1-41-26-20-23(22-10-13-37(14-11-22)12-5-19-43(39,40)38-15-17-42-18-16-38)8-9-25(26)34-30-35-28-27(31-21-32-28)29(36-30)33-24-6-3-2-4-7-24/h8-9,20-22,24H,2-7,10-19H2,1H3,(H3,31,32,33,34,35,36)/p+1. The summed E-state index contributed by atoms with van der Waals surface area (Å²) < 4.78 is 37.9. The van der Waals surface area contributed by atoms with Gasteiger partial charge in [-0.05, 0) is 75.4 Å². The molecule has 0 radical (unpaired) electrons. The van der Waals surface area contributed by atoms with Gasteiger partial charge in [0.2, 0.25) is 15.5 Å². The minimum absolute atomic E-state index is 0.204. The summed E-state index contributed by atoms with van der Waals surface area (Å²) in [6, 6.07) is 6.77. The summed E-state index contributed by atoms with van der Waals surface area (Å²) in [6.07, 6.45) is 10.6. The van der Waals surface area contributed by atoms with Gasteiger partial charge in [-0.15, -0.1) is 0 Å². The van der Waals surface area contributed by atoms with Crippen molar-refractivity contribution in [3.63, 3.8) is 0 Å². The number of imidazole rings is 1. The molecule has 0 unspecified atom stereocenters. The van der Waals surface area contributed by atoms with Gasteiger partial charge in [-0.1, -0.05) is 30.3 Å². The third-order valence-corrected chi connectivity index (χ3v) is 11.0. The third-order valence-electron chi connectivity index (χ3n) is 9.05. The number of aromatic nitrogens is 4. The van der Waals surface area contributed by atoms with E-state index in [9.17, 15) is 8.42 Å². The summed E-state index contributed by atoms with van der Waals surface area (Å²) in [5.41, 5.74) is 3.70. The highest BCUT2D eigenvalue weighted by molar-refractivity contribution is 7.89. The normalized spacial score (nSPS) is 19.9. The number of nitrogens with one attached hydrogen (secondary N) is 4. The van der Waals surface area contributed by atoms with E-state index in [0.29, 0.717) is 50.6 Å². The Morgan fingerprint density at radius 3 is 2.63 bits per heavy atom. The van der Waals surface area contributed by atoms with Crippen LogP contribution in [-0.4, -0.2) is 97.4 Å². The molecular weight excluding hydrogens is 568 g/mol. The smallest absolute Gasteiger partial charge is 0.307 e. The predicted molar refractivity (Wildman–Crippen MR) is 166 cm³/mol. The summed E-state index contributed by atoms with van der Waals surface area (Å²) in [6.45, 7) is 4.65. The van der Waals surface area contributed by atoms with Gasteiger partial charge in [0.1, 0.15) is 5.75 Å². The summed E-state index contributed by atoms with van der Waals surface area (Å²) >= 11 is 0. The van der Waals surface area contributed by atoms with E-state index in [-0.39, 0.29) is 5.75 Å². The number of hydrogen-bond acceptors (Lipinski definition) is 9. The molecule has 1 saturated carbocycles. The number of likely N-dealkylation sites (tertiary alicyclic amines) is 1. The molecule has 2 aromatic heterocycles. The summed E-state index contributed by atoms with van der Waals surface area (Å²) in [5.74, 6) is 2.72. The molecular formula is C30H45N8O4S+. The number of morpholine rings is 1. The molecule has 2 saturated heterocycles. The molecule has 0 bridgehead atoms. The van der Waals surface area contributed by atoms with Crippen molar-refractivity contribution in [3.8, 4) is 5.75 Å². The van der Waals surface area contributed by atoms with Gasteiger partial charge in [0.05, 0.1) is 31.8 Å². The minimum atomic E-state index is -3.20. The van der Waals surface area contributed by atoms with Crippen molar-refractivity contribution in [2.24, 2.45) is 0 Å². The molecule has 2 aliphatic heterocycles. The summed E-state index contributed by atoms with van der Waals surface area (Å²) in [7, 11) is -1.51. The predicted octanol–water partition coefficient (Wildman–Crippen LogP) is 3.50. The first kappa shape index (κ1) is 30.0. The molecule has 0 amide bonds. The maximum atomic E-state index is 12.6. The Balaban J connectivity index is 1.05. The van der Waals surface area contributed by atoms with Crippen LogP contribution in [0, 0.1) is 0 Å². The molecule has 0 atom stereocenters. The van der Waals surface area contributed by atoms with Gasteiger partial charge >= 0.3 is 11.6 Å². The van der Waals surface area contributed by atoms with Crippen LogP contribution in [0.5, 0.6) is 5.75 Å². The topological polar surface area (TPSA) is 139 Å². The Labute approximate surface area is 254 Å². The van der Waals surface area contributed by atoms with E-state index in [0.717, 1.165) is 73.7 Å². The van der Waals surface area contributed by atoms with Crippen molar-refractivity contribution in [1.82, 2.24) is 24.2 Å². The van der Waals surface area contributed by atoms with Crippen LogP contribution in [-0.2, 0) is 14.8 Å². The first-order chi connectivity index (χ1) is 21.0. The van der Waals surface area contributed by atoms with Gasteiger partial charge in [-0.2, -0.15) is 9.29 Å². The number of ether oxygens (including phenoxy) is 2. The van der Waals surface area contributed by atoms with E-state index in [1.807, 2.05) is 0 Å². The van der Waals surface area contributed by atoms with Crippen molar-refractivity contribution in [3.05, 3.63) is 30.1 Å². The van der Waals surface area contributed by atoms with E-state index in [1.54, 1.807) is 17.7 Å². The molecule has 43 heavy (non-hydrogen) atoms. The molecule has 4 heterocycles. The van der Waals surface area contributed by atoms with Crippen molar-refractivity contribution < 1.29 is 22.9 Å². The number of methoxy groups -OCH3 is 1. The zero-order valence-corrected chi connectivity index (χ0v) is 25.9. The van der Waals surface area contributed by atoms with E-state index < -0.39 is 10.0 Å². The quantitative estimate of drug-likeness (QED) is 0.297. The maximum absolute atomic E-state index is 12.6. The van der Waals surface area contributed by atoms with Crippen LogP contribution in [0.2, 0.25) is 0 Å². The first-order valence-electron chi connectivity index (χ1n) is 15.7. The Morgan fingerprint density at radius 2 is 1.86 bits per heavy atom. The number of benzene rings is 1. The fourth-order valence-corrected chi connectivity index (χ4v) is 8.04. The Bertz CT molecular complexity index is 1460. The number of hydrogen-bond donors (Lipinski definition) is 3. The van der Waals surface area contributed by atoms with Crippen molar-refractivity contribution in [1.29, 1.82) is 0 Å². The van der Waals surface area contributed by atoms with Gasteiger partial charge in [-0.25, -0.2) is 13.4 Å². The molecule has 13 heteroatoms.